The van der Waals surface area contributed by atoms with Crippen LogP contribution in [0.15, 0.2) is 0 Å². The molecule has 0 saturated carbocycles. The molecule has 102 valence electrons. The van der Waals surface area contributed by atoms with Crippen molar-refractivity contribution >= 4 is 44.4 Å². The lowest BCUT2D eigenvalue weighted by Crippen LogP contribution is -2.36. The Hall–Kier alpha value is 0.190. The monoisotopic (exact) mass is 305 g/mol. The molecule has 0 aromatic rings. The van der Waals surface area contributed by atoms with Crippen molar-refractivity contribution in [2.75, 3.05) is 11.5 Å². The number of carbonyl (C=O) groups is 2. The van der Waals surface area contributed by atoms with Gasteiger partial charge in [0.15, 0.2) is 0 Å². The van der Waals surface area contributed by atoms with E-state index >= 15 is 0 Å². The zero-order chi connectivity index (χ0) is 12.8. The molecule has 0 spiro atoms. The first-order valence-corrected chi connectivity index (χ1v) is 9.87. The van der Waals surface area contributed by atoms with Gasteiger partial charge >= 0.3 is 0 Å². The van der Waals surface area contributed by atoms with Crippen LogP contribution in [0.2, 0.25) is 0 Å². The minimum atomic E-state index is -0.218. The second-order valence-corrected chi connectivity index (χ2v) is 8.54. The van der Waals surface area contributed by atoms with Gasteiger partial charge < -0.3 is 5.32 Å². The normalized spacial score (nSPS) is 27.7. The van der Waals surface area contributed by atoms with Crippen LogP contribution in [0.5, 0.6) is 0 Å². The van der Waals surface area contributed by atoms with Crippen molar-refractivity contribution in [3.8, 4) is 0 Å². The van der Waals surface area contributed by atoms with Crippen LogP contribution in [0.1, 0.15) is 38.5 Å². The molecule has 1 amide bonds. The number of rotatable bonds is 6. The van der Waals surface area contributed by atoms with E-state index in [4.69, 9.17) is 0 Å². The molecule has 1 N–H and O–H groups in total. The first-order chi connectivity index (χ1) is 8.75. The topological polar surface area (TPSA) is 46.2 Å². The number of nitrogens with one attached hydrogen (secondary N) is 1. The van der Waals surface area contributed by atoms with Crippen LogP contribution in [0, 0.1) is 0 Å². The van der Waals surface area contributed by atoms with Crippen LogP contribution in [-0.4, -0.2) is 33.8 Å². The molecule has 0 radical (unpaired) electrons. The number of thioether (sulfide) groups is 1. The third kappa shape index (κ3) is 4.70. The molecule has 2 aliphatic rings. The van der Waals surface area contributed by atoms with E-state index < -0.39 is 0 Å². The van der Waals surface area contributed by atoms with Gasteiger partial charge in [-0.1, -0.05) is 39.8 Å². The summed E-state index contributed by atoms with van der Waals surface area (Å²) in [6, 6.07) is -0.218. The summed E-state index contributed by atoms with van der Waals surface area (Å²) in [6.07, 6.45) is 5.98. The van der Waals surface area contributed by atoms with Crippen LogP contribution in [0.3, 0.4) is 0 Å². The quantitative estimate of drug-likeness (QED) is 0.604. The van der Waals surface area contributed by atoms with Crippen LogP contribution in [-0.2, 0) is 9.59 Å². The highest BCUT2D eigenvalue weighted by Crippen LogP contribution is 2.39. The van der Waals surface area contributed by atoms with Crippen LogP contribution >= 0.6 is 33.3 Å². The van der Waals surface area contributed by atoms with Gasteiger partial charge in [0.25, 0.3) is 0 Å². The van der Waals surface area contributed by atoms with E-state index in [2.05, 4.69) is 5.32 Å². The number of hydrogen-bond acceptors (Lipinski definition) is 5. The van der Waals surface area contributed by atoms with E-state index in [1.54, 1.807) is 0 Å². The summed E-state index contributed by atoms with van der Waals surface area (Å²) in [5.74, 6) is 2.17. The Balaban J connectivity index is 1.53. The average Bonchev–Trinajstić information content (AvgIpc) is 2.98. The van der Waals surface area contributed by atoms with Crippen molar-refractivity contribution in [3.63, 3.8) is 0 Å². The van der Waals surface area contributed by atoms with E-state index in [0.29, 0.717) is 6.42 Å². The SMILES string of the molecule is O=C(CCCCC1CCSS1)NC1CCSC1=O. The standard InChI is InChI=1S/C12H19NO2S3/c14-11(13-10-6-7-16-12(10)15)4-2-1-3-9-5-8-17-18-9/h9-10H,1-8H2,(H,13,14). The van der Waals surface area contributed by atoms with E-state index in [9.17, 15) is 9.59 Å². The Morgan fingerprint density at radius 1 is 1.28 bits per heavy atom. The maximum absolute atomic E-state index is 11.7. The summed E-state index contributed by atoms with van der Waals surface area (Å²) in [6.45, 7) is 0. The Bertz CT molecular complexity index is 306. The molecule has 0 aliphatic carbocycles. The summed E-state index contributed by atoms with van der Waals surface area (Å²) in [4.78, 5) is 23.0. The molecule has 2 heterocycles. The van der Waals surface area contributed by atoms with Crippen molar-refractivity contribution in [2.45, 2.75) is 49.8 Å². The molecule has 18 heavy (non-hydrogen) atoms. The average molecular weight is 305 g/mol. The van der Waals surface area contributed by atoms with Gasteiger partial charge in [0.2, 0.25) is 11.0 Å². The van der Waals surface area contributed by atoms with Crippen LogP contribution in [0.4, 0.5) is 0 Å². The Kier molecular flexibility index (Phi) is 6.24. The van der Waals surface area contributed by atoms with Crippen molar-refractivity contribution < 1.29 is 9.59 Å². The lowest BCUT2D eigenvalue weighted by Gasteiger charge is -2.10. The number of unbranched alkanes of at least 4 members (excludes halogenated alkanes) is 1. The van der Waals surface area contributed by atoms with E-state index in [1.165, 1.54) is 30.4 Å². The zero-order valence-corrected chi connectivity index (χ0v) is 12.8. The number of carbonyl (C=O) groups excluding carboxylic acids is 2. The summed E-state index contributed by atoms with van der Waals surface area (Å²) in [7, 11) is 3.96. The van der Waals surface area contributed by atoms with E-state index in [1.807, 2.05) is 21.6 Å². The summed E-state index contributed by atoms with van der Waals surface area (Å²) >= 11 is 1.33. The fourth-order valence-corrected chi connectivity index (χ4v) is 6.08. The third-order valence-corrected chi connectivity index (χ3v) is 7.19. The lowest BCUT2D eigenvalue weighted by molar-refractivity contribution is -0.124. The molecular formula is C12H19NO2S3. The molecule has 2 saturated heterocycles. The highest BCUT2D eigenvalue weighted by atomic mass is 33.1. The van der Waals surface area contributed by atoms with Gasteiger partial charge in [-0.2, -0.15) is 0 Å². The molecule has 0 aromatic heterocycles. The van der Waals surface area contributed by atoms with Crippen molar-refractivity contribution in [3.05, 3.63) is 0 Å². The third-order valence-electron chi connectivity index (χ3n) is 3.18. The fourth-order valence-electron chi connectivity index (χ4n) is 2.12. The van der Waals surface area contributed by atoms with Gasteiger partial charge in [-0.15, -0.1) is 0 Å². The smallest absolute Gasteiger partial charge is 0.220 e. The van der Waals surface area contributed by atoms with Gasteiger partial charge in [-0.3, -0.25) is 9.59 Å². The molecule has 6 heteroatoms. The second kappa shape index (κ2) is 7.70. The maximum atomic E-state index is 11.7. The molecule has 2 fully saturated rings. The molecule has 0 bridgehead atoms. The van der Waals surface area contributed by atoms with Crippen LogP contribution in [0.25, 0.3) is 0 Å². The van der Waals surface area contributed by atoms with Crippen molar-refractivity contribution in [2.24, 2.45) is 0 Å². The van der Waals surface area contributed by atoms with Gasteiger partial charge in [0, 0.05) is 23.2 Å². The molecule has 0 aromatic carbocycles. The zero-order valence-electron chi connectivity index (χ0n) is 10.4. The Morgan fingerprint density at radius 3 is 2.83 bits per heavy atom. The highest BCUT2D eigenvalue weighted by Gasteiger charge is 2.26. The molecule has 3 nitrogen and oxygen atoms in total. The minimum Gasteiger partial charge on any atom is -0.345 e. The Labute approximate surface area is 120 Å². The number of amides is 1. The number of hydrogen-bond donors (Lipinski definition) is 1. The second-order valence-electron chi connectivity index (χ2n) is 4.65. The molecule has 2 atom stereocenters. The van der Waals surface area contributed by atoms with E-state index in [-0.39, 0.29) is 17.1 Å². The lowest BCUT2D eigenvalue weighted by atomic mass is 10.1. The van der Waals surface area contributed by atoms with Crippen LogP contribution < -0.4 is 5.32 Å². The Morgan fingerprint density at radius 2 is 2.17 bits per heavy atom. The summed E-state index contributed by atoms with van der Waals surface area (Å²) in [5, 5.41) is 3.76. The molecule has 2 unspecified atom stereocenters. The summed E-state index contributed by atoms with van der Waals surface area (Å²) in [5.41, 5.74) is 0. The fraction of sp³-hybridized carbons (Fsp3) is 0.833. The van der Waals surface area contributed by atoms with Crippen molar-refractivity contribution in [1.82, 2.24) is 5.32 Å². The largest absolute Gasteiger partial charge is 0.345 e. The highest BCUT2D eigenvalue weighted by molar-refractivity contribution is 8.77. The van der Waals surface area contributed by atoms with Gasteiger partial charge in [-0.25, -0.2) is 0 Å². The molecule has 2 aliphatic heterocycles. The summed E-state index contributed by atoms with van der Waals surface area (Å²) < 4.78 is 0. The predicted octanol–water partition coefficient (Wildman–Crippen LogP) is 2.85. The molecule has 2 rings (SSSR count). The maximum Gasteiger partial charge on any atom is 0.220 e. The minimum absolute atomic E-state index is 0.0456. The van der Waals surface area contributed by atoms with Gasteiger partial charge in [-0.05, 0) is 25.7 Å². The first-order valence-electron chi connectivity index (χ1n) is 6.50. The molecular weight excluding hydrogens is 286 g/mol. The first kappa shape index (κ1) is 14.6. The van der Waals surface area contributed by atoms with Gasteiger partial charge in [0.1, 0.15) is 0 Å². The predicted molar refractivity (Wildman–Crippen MR) is 80.9 cm³/mol. The van der Waals surface area contributed by atoms with E-state index in [0.717, 1.165) is 30.3 Å². The van der Waals surface area contributed by atoms with Crippen molar-refractivity contribution in [1.29, 1.82) is 0 Å². The van der Waals surface area contributed by atoms with Gasteiger partial charge in [0.05, 0.1) is 6.04 Å².